The smallest absolute Gasteiger partial charge is 0.410 e. The number of rotatable bonds is 2. The van der Waals surface area contributed by atoms with Crippen LogP contribution in [0.25, 0.3) is 6.08 Å². The van der Waals surface area contributed by atoms with Gasteiger partial charge in [0.05, 0.1) is 6.04 Å². The Balaban J connectivity index is 2.20. The minimum Gasteiger partial charge on any atom is -0.444 e. The zero-order valence-electron chi connectivity index (χ0n) is 12.9. The van der Waals surface area contributed by atoms with Crippen molar-refractivity contribution < 1.29 is 13.9 Å². The lowest BCUT2D eigenvalue weighted by atomic mass is 10.0. The average Bonchev–Trinajstić information content (AvgIpc) is 2.85. The topological polar surface area (TPSA) is 29.5 Å². The predicted molar refractivity (Wildman–Crippen MR) is 81.4 cm³/mol. The highest BCUT2D eigenvalue weighted by Gasteiger charge is 2.33. The van der Waals surface area contributed by atoms with E-state index in [1.807, 2.05) is 26.8 Å². The van der Waals surface area contributed by atoms with Crippen molar-refractivity contribution in [2.24, 2.45) is 0 Å². The van der Waals surface area contributed by atoms with E-state index in [1.165, 1.54) is 12.1 Å². The summed E-state index contributed by atoms with van der Waals surface area (Å²) in [6.45, 7) is 9.75. The van der Waals surface area contributed by atoms with Crippen molar-refractivity contribution in [3.63, 3.8) is 0 Å². The van der Waals surface area contributed by atoms with Crippen LogP contribution in [-0.4, -0.2) is 23.1 Å². The highest BCUT2D eigenvalue weighted by atomic mass is 19.1. The van der Waals surface area contributed by atoms with Crippen molar-refractivity contribution >= 4 is 12.2 Å². The van der Waals surface area contributed by atoms with Gasteiger partial charge in [0, 0.05) is 12.1 Å². The monoisotopic (exact) mass is 291 g/mol. The van der Waals surface area contributed by atoms with Gasteiger partial charge in [-0.1, -0.05) is 24.8 Å². The van der Waals surface area contributed by atoms with E-state index in [-0.39, 0.29) is 18.0 Å². The van der Waals surface area contributed by atoms with E-state index in [0.717, 1.165) is 18.4 Å². The van der Waals surface area contributed by atoms with Gasteiger partial charge < -0.3 is 9.64 Å². The maximum absolute atomic E-state index is 13.9. The number of likely N-dealkylation sites (tertiary alicyclic amines) is 1. The Morgan fingerprint density at radius 2 is 2.19 bits per heavy atom. The summed E-state index contributed by atoms with van der Waals surface area (Å²) in [4.78, 5) is 13.9. The third-order valence-corrected chi connectivity index (χ3v) is 3.51. The van der Waals surface area contributed by atoms with Gasteiger partial charge in [0.15, 0.2) is 0 Å². The van der Waals surface area contributed by atoms with Gasteiger partial charge in [-0.2, -0.15) is 0 Å². The fourth-order valence-corrected chi connectivity index (χ4v) is 2.57. The molecule has 0 N–H and O–H groups in total. The lowest BCUT2D eigenvalue weighted by Crippen LogP contribution is -2.36. The zero-order valence-corrected chi connectivity index (χ0v) is 12.9. The molecule has 0 aromatic heterocycles. The molecule has 4 heteroatoms. The second kappa shape index (κ2) is 5.88. The quantitative estimate of drug-likeness (QED) is 0.800. The molecule has 0 radical (unpaired) electrons. The fraction of sp³-hybridized carbons (Fsp3) is 0.471. The second-order valence-corrected chi connectivity index (χ2v) is 6.32. The molecule has 1 aromatic carbocycles. The van der Waals surface area contributed by atoms with Gasteiger partial charge in [-0.15, -0.1) is 0 Å². The first-order valence-corrected chi connectivity index (χ1v) is 7.23. The Hall–Kier alpha value is -1.84. The Labute approximate surface area is 125 Å². The Bertz CT molecular complexity index is 548. The van der Waals surface area contributed by atoms with E-state index >= 15 is 0 Å². The Morgan fingerprint density at radius 3 is 2.76 bits per heavy atom. The summed E-state index contributed by atoms with van der Waals surface area (Å²) in [5.74, 6) is -0.307. The highest BCUT2D eigenvalue weighted by molar-refractivity contribution is 5.69. The molecular formula is C17H22FNO2. The Kier molecular flexibility index (Phi) is 4.35. The van der Waals surface area contributed by atoms with Crippen molar-refractivity contribution in [3.8, 4) is 0 Å². The van der Waals surface area contributed by atoms with Crippen LogP contribution in [-0.2, 0) is 4.74 Å². The zero-order chi connectivity index (χ0) is 15.6. The first kappa shape index (κ1) is 15.5. The third kappa shape index (κ3) is 3.63. The van der Waals surface area contributed by atoms with Crippen LogP contribution < -0.4 is 0 Å². The SMILES string of the molecule is C=Cc1ccc(C2CCCN2C(=O)OC(C)(C)C)cc1F. The van der Waals surface area contributed by atoms with Crippen LogP contribution in [0.5, 0.6) is 0 Å². The van der Waals surface area contributed by atoms with Gasteiger partial charge in [0.1, 0.15) is 11.4 Å². The van der Waals surface area contributed by atoms with Crippen LogP contribution in [0, 0.1) is 5.82 Å². The van der Waals surface area contributed by atoms with Crippen LogP contribution in [0.4, 0.5) is 9.18 Å². The maximum atomic E-state index is 13.9. The summed E-state index contributed by atoms with van der Waals surface area (Å²) in [5, 5.41) is 0. The van der Waals surface area contributed by atoms with Gasteiger partial charge in [-0.25, -0.2) is 9.18 Å². The van der Waals surface area contributed by atoms with E-state index in [1.54, 1.807) is 11.0 Å². The summed E-state index contributed by atoms with van der Waals surface area (Å²) in [6, 6.07) is 4.93. The molecular weight excluding hydrogens is 269 g/mol. The lowest BCUT2D eigenvalue weighted by molar-refractivity contribution is 0.0224. The molecule has 0 bridgehead atoms. The predicted octanol–water partition coefficient (Wildman–Crippen LogP) is 4.54. The second-order valence-electron chi connectivity index (χ2n) is 6.32. The van der Waals surface area contributed by atoms with Crippen LogP contribution in [0.1, 0.15) is 50.8 Å². The van der Waals surface area contributed by atoms with Gasteiger partial charge in [0.25, 0.3) is 0 Å². The molecule has 114 valence electrons. The lowest BCUT2D eigenvalue weighted by Gasteiger charge is -2.29. The van der Waals surface area contributed by atoms with E-state index in [0.29, 0.717) is 12.1 Å². The van der Waals surface area contributed by atoms with Crippen LogP contribution in [0.3, 0.4) is 0 Å². The largest absolute Gasteiger partial charge is 0.444 e. The first-order chi connectivity index (χ1) is 9.81. The van der Waals surface area contributed by atoms with Gasteiger partial charge >= 0.3 is 6.09 Å². The number of halogens is 1. The van der Waals surface area contributed by atoms with Crippen molar-refractivity contribution in [2.45, 2.75) is 45.3 Å². The summed E-state index contributed by atoms with van der Waals surface area (Å²) < 4.78 is 19.3. The van der Waals surface area contributed by atoms with Crippen LogP contribution in [0.2, 0.25) is 0 Å². The molecule has 0 spiro atoms. The molecule has 21 heavy (non-hydrogen) atoms. The normalized spacial score (nSPS) is 18.7. The van der Waals surface area contributed by atoms with Crippen molar-refractivity contribution in [1.82, 2.24) is 4.90 Å². The molecule has 1 aromatic rings. The van der Waals surface area contributed by atoms with Crippen molar-refractivity contribution in [3.05, 3.63) is 41.7 Å². The summed E-state index contributed by atoms with van der Waals surface area (Å²) in [6.07, 6.45) is 2.87. The van der Waals surface area contributed by atoms with Crippen molar-refractivity contribution in [1.29, 1.82) is 0 Å². The number of nitrogens with zero attached hydrogens (tertiary/aromatic N) is 1. The minimum atomic E-state index is -0.526. The first-order valence-electron chi connectivity index (χ1n) is 7.23. The standard InChI is InChI=1S/C17H22FNO2/c1-5-12-8-9-13(11-14(12)18)15-7-6-10-19(15)16(20)21-17(2,3)4/h5,8-9,11,15H,1,6-7,10H2,2-4H3. The molecule has 1 heterocycles. The van der Waals surface area contributed by atoms with E-state index < -0.39 is 5.60 Å². The molecule has 0 saturated carbocycles. The molecule has 3 nitrogen and oxygen atoms in total. The molecule has 1 saturated heterocycles. The molecule has 1 atom stereocenters. The summed E-state index contributed by atoms with van der Waals surface area (Å²) in [7, 11) is 0. The van der Waals surface area contributed by atoms with Gasteiger partial charge in [-0.3, -0.25) is 0 Å². The van der Waals surface area contributed by atoms with Gasteiger partial charge in [-0.05, 0) is 45.2 Å². The van der Waals surface area contributed by atoms with E-state index in [2.05, 4.69) is 6.58 Å². The molecule has 1 aliphatic rings. The molecule has 1 unspecified atom stereocenters. The highest BCUT2D eigenvalue weighted by Crippen LogP contribution is 2.33. The number of ether oxygens (including phenoxy) is 1. The number of carbonyl (C=O) groups excluding carboxylic acids is 1. The molecule has 1 aliphatic heterocycles. The number of benzene rings is 1. The number of carbonyl (C=O) groups is 1. The van der Waals surface area contributed by atoms with E-state index in [9.17, 15) is 9.18 Å². The maximum Gasteiger partial charge on any atom is 0.410 e. The minimum absolute atomic E-state index is 0.117. The third-order valence-electron chi connectivity index (χ3n) is 3.51. The average molecular weight is 291 g/mol. The molecule has 1 fully saturated rings. The molecule has 0 aliphatic carbocycles. The number of hydrogen-bond donors (Lipinski definition) is 0. The molecule has 2 rings (SSSR count). The fourth-order valence-electron chi connectivity index (χ4n) is 2.57. The number of amides is 1. The van der Waals surface area contributed by atoms with Crippen molar-refractivity contribution in [2.75, 3.05) is 6.54 Å². The molecule has 1 amide bonds. The van der Waals surface area contributed by atoms with Gasteiger partial charge in [0.2, 0.25) is 0 Å². The van der Waals surface area contributed by atoms with E-state index in [4.69, 9.17) is 4.74 Å². The summed E-state index contributed by atoms with van der Waals surface area (Å²) >= 11 is 0. The number of hydrogen-bond acceptors (Lipinski definition) is 2. The Morgan fingerprint density at radius 1 is 1.48 bits per heavy atom. The summed E-state index contributed by atoms with van der Waals surface area (Å²) in [5.41, 5.74) is 0.754. The van der Waals surface area contributed by atoms with Crippen LogP contribution in [0.15, 0.2) is 24.8 Å². The van der Waals surface area contributed by atoms with Crippen LogP contribution >= 0.6 is 0 Å².